The van der Waals surface area contributed by atoms with Crippen molar-refractivity contribution in [3.05, 3.63) is 57.0 Å². The fourth-order valence-corrected chi connectivity index (χ4v) is 2.44. The molecule has 0 saturated carbocycles. The van der Waals surface area contributed by atoms with Gasteiger partial charge in [0.15, 0.2) is 0 Å². The number of methoxy groups -OCH3 is 1. The second-order valence-corrected chi connectivity index (χ2v) is 5.92. The van der Waals surface area contributed by atoms with Crippen LogP contribution in [0, 0.1) is 6.92 Å². The average Bonchev–Trinajstić information content (AvgIpc) is 2.43. The van der Waals surface area contributed by atoms with E-state index in [9.17, 15) is 4.79 Å². The summed E-state index contributed by atoms with van der Waals surface area (Å²) in [5.41, 5.74) is 2.63. The van der Waals surface area contributed by atoms with E-state index < -0.39 is 0 Å². The van der Waals surface area contributed by atoms with Crippen molar-refractivity contribution in [2.45, 2.75) is 13.3 Å². The number of amides is 1. The molecule has 0 aromatic heterocycles. The first-order valence-electron chi connectivity index (χ1n) is 6.38. The molecule has 1 amide bonds. The maximum Gasteiger partial charge on any atom is 0.228 e. The number of aryl methyl sites for hydroxylation is 1. The number of anilines is 1. The molecule has 3 nitrogen and oxygen atoms in total. The van der Waals surface area contributed by atoms with Gasteiger partial charge in [-0.3, -0.25) is 4.79 Å². The van der Waals surface area contributed by atoms with Crippen molar-refractivity contribution in [2.24, 2.45) is 0 Å². The van der Waals surface area contributed by atoms with E-state index in [1.165, 1.54) is 0 Å². The zero-order valence-electron chi connectivity index (χ0n) is 11.7. The van der Waals surface area contributed by atoms with Crippen LogP contribution in [0.1, 0.15) is 11.1 Å². The van der Waals surface area contributed by atoms with Gasteiger partial charge >= 0.3 is 0 Å². The molecule has 0 saturated heterocycles. The van der Waals surface area contributed by atoms with Gasteiger partial charge in [0.25, 0.3) is 0 Å². The SMILES string of the molecule is COc1ccc(CC(=O)Nc2ccc(Br)c(Cl)c2)cc1C. The minimum Gasteiger partial charge on any atom is -0.496 e. The topological polar surface area (TPSA) is 38.3 Å². The minimum atomic E-state index is -0.0852. The molecule has 0 atom stereocenters. The van der Waals surface area contributed by atoms with Crippen molar-refractivity contribution >= 4 is 39.1 Å². The summed E-state index contributed by atoms with van der Waals surface area (Å²) in [6.45, 7) is 1.95. The summed E-state index contributed by atoms with van der Waals surface area (Å²) in [5.74, 6) is 0.733. The number of rotatable bonds is 4. The molecule has 0 heterocycles. The number of hydrogen-bond acceptors (Lipinski definition) is 2. The molecule has 2 aromatic carbocycles. The molecule has 0 radical (unpaired) electrons. The first kappa shape index (κ1) is 15.9. The molecule has 2 rings (SSSR count). The third-order valence-electron chi connectivity index (χ3n) is 3.03. The van der Waals surface area contributed by atoms with Crippen molar-refractivity contribution in [1.29, 1.82) is 0 Å². The first-order chi connectivity index (χ1) is 9.99. The van der Waals surface area contributed by atoms with Crippen LogP contribution in [0.25, 0.3) is 0 Å². The standard InChI is InChI=1S/C16H15BrClNO2/c1-10-7-11(3-6-15(10)21-2)8-16(20)19-12-4-5-13(17)14(18)9-12/h3-7,9H,8H2,1-2H3,(H,19,20). The number of carbonyl (C=O) groups is 1. The summed E-state index contributed by atoms with van der Waals surface area (Å²) < 4.78 is 6.00. The lowest BCUT2D eigenvalue weighted by atomic mass is 10.1. The van der Waals surface area contributed by atoms with Gasteiger partial charge in [0, 0.05) is 10.2 Å². The highest BCUT2D eigenvalue weighted by atomic mass is 79.9. The molecule has 1 N–H and O–H groups in total. The van der Waals surface area contributed by atoms with Gasteiger partial charge in [-0.05, 0) is 58.2 Å². The number of ether oxygens (including phenoxy) is 1. The zero-order valence-corrected chi connectivity index (χ0v) is 14.1. The van der Waals surface area contributed by atoms with Crippen LogP contribution in [-0.2, 0) is 11.2 Å². The van der Waals surface area contributed by atoms with Crippen LogP contribution in [0.5, 0.6) is 5.75 Å². The second-order valence-electron chi connectivity index (χ2n) is 4.66. The minimum absolute atomic E-state index is 0.0852. The van der Waals surface area contributed by atoms with E-state index in [-0.39, 0.29) is 5.91 Å². The summed E-state index contributed by atoms with van der Waals surface area (Å²) in [4.78, 5) is 12.0. The molecular formula is C16H15BrClNO2. The molecule has 0 aliphatic heterocycles. The lowest BCUT2D eigenvalue weighted by molar-refractivity contribution is -0.115. The Balaban J connectivity index is 2.04. The molecule has 0 unspecified atom stereocenters. The highest BCUT2D eigenvalue weighted by molar-refractivity contribution is 9.10. The van der Waals surface area contributed by atoms with E-state index in [2.05, 4.69) is 21.2 Å². The number of halogens is 2. The number of nitrogens with one attached hydrogen (secondary N) is 1. The predicted octanol–water partition coefficient (Wildman–Crippen LogP) is 4.60. The van der Waals surface area contributed by atoms with Crippen LogP contribution in [0.15, 0.2) is 40.9 Å². The smallest absolute Gasteiger partial charge is 0.228 e. The van der Waals surface area contributed by atoms with Crippen LogP contribution in [-0.4, -0.2) is 13.0 Å². The Morgan fingerprint density at radius 1 is 1.29 bits per heavy atom. The van der Waals surface area contributed by atoms with Gasteiger partial charge in [0.2, 0.25) is 5.91 Å². The summed E-state index contributed by atoms with van der Waals surface area (Å²) in [6, 6.07) is 11.0. The van der Waals surface area contributed by atoms with E-state index in [1.54, 1.807) is 25.3 Å². The normalized spacial score (nSPS) is 10.3. The Kier molecular flexibility index (Phi) is 5.26. The number of carbonyl (C=O) groups excluding carboxylic acids is 1. The van der Waals surface area contributed by atoms with E-state index in [1.807, 2.05) is 25.1 Å². The lowest BCUT2D eigenvalue weighted by Gasteiger charge is -2.09. The number of hydrogen-bond donors (Lipinski definition) is 1. The van der Waals surface area contributed by atoms with E-state index >= 15 is 0 Å². The molecular weight excluding hydrogens is 354 g/mol. The van der Waals surface area contributed by atoms with Crippen LogP contribution < -0.4 is 10.1 Å². The molecule has 0 spiro atoms. The van der Waals surface area contributed by atoms with Crippen LogP contribution in [0.3, 0.4) is 0 Å². The Bertz CT molecular complexity index is 673. The van der Waals surface area contributed by atoms with Gasteiger partial charge in [0.05, 0.1) is 18.6 Å². The third kappa shape index (κ3) is 4.22. The van der Waals surface area contributed by atoms with Gasteiger partial charge in [0.1, 0.15) is 5.75 Å². The molecule has 0 bridgehead atoms. The number of benzene rings is 2. The Morgan fingerprint density at radius 2 is 2.05 bits per heavy atom. The van der Waals surface area contributed by atoms with Crippen molar-refractivity contribution in [3.63, 3.8) is 0 Å². The Morgan fingerprint density at radius 3 is 2.67 bits per heavy atom. The molecule has 5 heteroatoms. The van der Waals surface area contributed by atoms with Crippen molar-refractivity contribution < 1.29 is 9.53 Å². The Hall–Kier alpha value is -1.52. The predicted molar refractivity (Wildman–Crippen MR) is 89.2 cm³/mol. The van der Waals surface area contributed by atoms with Gasteiger partial charge in [-0.1, -0.05) is 23.7 Å². The quantitative estimate of drug-likeness (QED) is 0.856. The van der Waals surface area contributed by atoms with Crippen molar-refractivity contribution in [3.8, 4) is 5.75 Å². The Labute approximate surface area is 137 Å². The van der Waals surface area contributed by atoms with Gasteiger partial charge in [-0.2, -0.15) is 0 Å². The van der Waals surface area contributed by atoms with E-state index in [0.717, 1.165) is 21.3 Å². The van der Waals surface area contributed by atoms with Crippen molar-refractivity contribution in [2.75, 3.05) is 12.4 Å². The molecule has 0 aliphatic carbocycles. The fourth-order valence-electron chi connectivity index (χ4n) is 2.01. The van der Waals surface area contributed by atoms with Gasteiger partial charge in [-0.25, -0.2) is 0 Å². The summed E-state index contributed by atoms with van der Waals surface area (Å²) >= 11 is 9.31. The molecule has 0 aliphatic rings. The van der Waals surface area contributed by atoms with E-state index in [4.69, 9.17) is 16.3 Å². The maximum atomic E-state index is 12.0. The zero-order chi connectivity index (χ0) is 15.4. The van der Waals surface area contributed by atoms with Crippen LogP contribution in [0.4, 0.5) is 5.69 Å². The summed E-state index contributed by atoms with van der Waals surface area (Å²) in [6.07, 6.45) is 0.304. The first-order valence-corrected chi connectivity index (χ1v) is 7.55. The highest BCUT2D eigenvalue weighted by Crippen LogP contribution is 2.25. The van der Waals surface area contributed by atoms with Gasteiger partial charge in [-0.15, -0.1) is 0 Å². The molecule has 21 heavy (non-hydrogen) atoms. The lowest BCUT2D eigenvalue weighted by Crippen LogP contribution is -2.14. The summed E-state index contributed by atoms with van der Waals surface area (Å²) in [5, 5.41) is 3.39. The average molecular weight is 369 g/mol. The molecule has 2 aromatic rings. The second kappa shape index (κ2) is 6.96. The maximum absolute atomic E-state index is 12.0. The largest absolute Gasteiger partial charge is 0.496 e. The van der Waals surface area contributed by atoms with Crippen LogP contribution >= 0.6 is 27.5 Å². The van der Waals surface area contributed by atoms with Gasteiger partial charge < -0.3 is 10.1 Å². The third-order valence-corrected chi connectivity index (χ3v) is 4.26. The van der Waals surface area contributed by atoms with Crippen molar-refractivity contribution in [1.82, 2.24) is 0 Å². The monoisotopic (exact) mass is 367 g/mol. The molecule has 110 valence electrons. The highest BCUT2D eigenvalue weighted by Gasteiger charge is 2.07. The summed E-state index contributed by atoms with van der Waals surface area (Å²) in [7, 11) is 1.63. The van der Waals surface area contributed by atoms with E-state index in [0.29, 0.717) is 17.1 Å². The fraction of sp³-hybridized carbons (Fsp3) is 0.188. The molecule has 0 fully saturated rings. The van der Waals surface area contributed by atoms with Crippen LogP contribution in [0.2, 0.25) is 5.02 Å².